The van der Waals surface area contributed by atoms with Crippen LogP contribution in [0.3, 0.4) is 0 Å². The van der Waals surface area contributed by atoms with Crippen LogP contribution in [0.1, 0.15) is 54.3 Å². The number of Topliss-reactive ketones (excluding diaryl/α,β-unsaturated/α-hetero) is 1. The van der Waals surface area contributed by atoms with Gasteiger partial charge in [-0.15, -0.1) is 0 Å². The maximum Gasteiger partial charge on any atom is 0.342 e. The van der Waals surface area contributed by atoms with Crippen LogP contribution in [0.15, 0.2) is 103 Å². The molecule has 0 saturated heterocycles. The van der Waals surface area contributed by atoms with Crippen molar-refractivity contribution in [3.63, 3.8) is 0 Å². The lowest BCUT2D eigenvalue weighted by Crippen LogP contribution is -2.35. The van der Waals surface area contributed by atoms with Crippen LogP contribution in [0.5, 0.6) is 17.2 Å². The van der Waals surface area contributed by atoms with E-state index in [9.17, 15) is 19.2 Å². The molecule has 0 aromatic heterocycles. The first-order valence-corrected chi connectivity index (χ1v) is 15.5. The smallest absolute Gasteiger partial charge is 0.342 e. The Morgan fingerprint density at radius 3 is 1.41 bits per heavy atom. The van der Waals surface area contributed by atoms with Gasteiger partial charge in [0.1, 0.15) is 54.3 Å². The van der Waals surface area contributed by atoms with Gasteiger partial charge in [-0.2, -0.15) is 0 Å². The average Bonchev–Trinajstić information content (AvgIpc) is 3.16. The molecule has 0 radical (unpaired) electrons. The minimum absolute atomic E-state index is 0.00519. The summed E-state index contributed by atoms with van der Waals surface area (Å²) in [5.74, 6) is -1.14. The SMILES string of the molecule is COc1ccccc1C(=O)CCC(COC(=O)c1ccccc1OC)OC(COC(=O)c1ccccc1)COC(=O)c1ccccc1OC. The van der Waals surface area contributed by atoms with Crippen molar-refractivity contribution < 1.29 is 52.3 Å². The van der Waals surface area contributed by atoms with Gasteiger partial charge in [-0.3, -0.25) is 4.79 Å². The highest BCUT2D eigenvalue weighted by atomic mass is 16.6. The molecule has 4 aromatic carbocycles. The molecule has 0 spiro atoms. The van der Waals surface area contributed by atoms with Crippen LogP contribution < -0.4 is 14.2 Å². The molecular weight excluding hydrogens is 632 g/mol. The van der Waals surface area contributed by atoms with E-state index >= 15 is 0 Å². The van der Waals surface area contributed by atoms with Gasteiger partial charge in [0.25, 0.3) is 0 Å². The van der Waals surface area contributed by atoms with E-state index in [0.717, 1.165) is 0 Å². The van der Waals surface area contributed by atoms with Crippen molar-refractivity contribution in [2.75, 3.05) is 41.2 Å². The molecule has 0 aliphatic rings. The molecule has 11 nitrogen and oxygen atoms in total. The largest absolute Gasteiger partial charge is 0.496 e. The fraction of sp³-hybridized carbons (Fsp3) is 0.263. The molecule has 0 aliphatic carbocycles. The normalized spacial score (nSPS) is 11.8. The summed E-state index contributed by atoms with van der Waals surface area (Å²) in [6, 6.07) is 28.3. The summed E-state index contributed by atoms with van der Waals surface area (Å²) in [5.41, 5.74) is 1.09. The lowest BCUT2D eigenvalue weighted by atomic mass is 10.0. The Balaban J connectivity index is 1.54. The Bertz CT molecular complexity index is 1640. The average molecular weight is 671 g/mol. The number of methoxy groups -OCH3 is 3. The predicted molar refractivity (Wildman–Crippen MR) is 178 cm³/mol. The maximum absolute atomic E-state index is 13.3. The zero-order valence-electron chi connectivity index (χ0n) is 27.5. The minimum Gasteiger partial charge on any atom is -0.496 e. The van der Waals surface area contributed by atoms with Crippen LogP contribution in [0.4, 0.5) is 0 Å². The second kappa shape index (κ2) is 18.6. The van der Waals surface area contributed by atoms with E-state index in [-0.39, 0.29) is 49.6 Å². The topological polar surface area (TPSA) is 133 Å². The molecule has 0 bridgehead atoms. The third-order valence-corrected chi connectivity index (χ3v) is 7.35. The molecule has 4 rings (SSSR count). The number of carbonyl (C=O) groups is 4. The quantitative estimate of drug-likeness (QED) is 0.0701. The van der Waals surface area contributed by atoms with Crippen LogP contribution in [0, 0.1) is 0 Å². The summed E-state index contributed by atoms with van der Waals surface area (Å²) in [5, 5.41) is 0. The van der Waals surface area contributed by atoms with E-state index in [1.54, 1.807) is 103 Å². The van der Waals surface area contributed by atoms with Gasteiger partial charge in [0.2, 0.25) is 0 Å². The summed E-state index contributed by atoms with van der Waals surface area (Å²) in [6.07, 6.45) is -1.81. The van der Waals surface area contributed by atoms with Crippen LogP contribution >= 0.6 is 0 Å². The third kappa shape index (κ3) is 10.4. The van der Waals surface area contributed by atoms with Crippen LogP contribution in [-0.2, 0) is 18.9 Å². The number of ether oxygens (including phenoxy) is 7. The lowest BCUT2D eigenvalue weighted by Gasteiger charge is -2.25. The molecule has 0 N–H and O–H groups in total. The van der Waals surface area contributed by atoms with Gasteiger partial charge in [0, 0.05) is 6.42 Å². The van der Waals surface area contributed by atoms with Crippen molar-refractivity contribution in [3.8, 4) is 17.2 Å². The first kappa shape index (κ1) is 36.2. The van der Waals surface area contributed by atoms with Crippen molar-refractivity contribution in [1.29, 1.82) is 0 Å². The highest BCUT2D eigenvalue weighted by Gasteiger charge is 2.26. The van der Waals surface area contributed by atoms with E-state index in [0.29, 0.717) is 28.4 Å². The third-order valence-electron chi connectivity index (χ3n) is 7.35. The van der Waals surface area contributed by atoms with E-state index < -0.39 is 30.1 Å². The summed E-state index contributed by atoms with van der Waals surface area (Å²) in [7, 11) is 4.35. The van der Waals surface area contributed by atoms with Crippen molar-refractivity contribution in [3.05, 3.63) is 125 Å². The Labute approximate surface area is 284 Å². The summed E-state index contributed by atoms with van der Waals surface area (Å²) in [4.78, 5) is 52.2. The van der Waals surface area contributed by atoms with Gasteiger partial charge in [-0.1, -0.05) is 54.6 Å². The molecule has 49 heavy (non-hydrogen) atoms. The number of benzene rings is 4. The number of ketones is 1. The lowest BCUT2D eigenvalue weighted by molar-refractivity contribution is -0.0909. The van der Waals surface area contributed by atoms with Crippen LogP contribution in [-0.4, -0.2) is 77.0 Å². The van der Waals surface area contributed by atoms with Crippen molar-refractivity contribution >= 4 is 23.7 Å². The first-order chi connectivity index (χ1) is 23.8. The Morgan fingerprint density at radius 2 is 0.898 bits per heavy atom. The number of esters is 3. The second-order valence-corrected chi connectivity index (χ2v) is 10.6. The monoisotopic (exact) mass is 670 g/mol. The Hall–Kier alpha value is -5.68. The van der Waals surface area contributed by atoms with Crippen LogP contribution in [0.25, 0.3) is 0 Å². The Morgan fingerprint density at radius 1 is 0.490 bits per heavy atom. The van der Waals surface area contributed by atoms with Crippen molar-refractivity contribution in [2.24, 2.45) is 0 Å². The molecule has 4 aromatic rings. The molecule has 2 unspecified atom stereocenters. The maximum atomic E-state index is 13.3. The zero-order chi connectivity index (χ0) is 35.0. The van der Waals surface area contributed by atoms with E-state index in [2.05, 4.69) is 0 Å². The number of para-hydroxylation sites is 3. The standard InChI is InChI=1S/C38H38O11/c1-43-33-18-10-7-15-29(33)32(39)22-21-27(23-47-37(41)30-16-8-11-19-34(30)44-2)49-28(24-46-36(40)26-13-5-4-6-14-26)25-48-38(42)31-17-9-12-20-35(31)45-3/h4-20,27-28H,21-25H2,1-3H3. The molecule has 11 heteroatoms. The zero-order valence-corrected chi connectivity index (χ0v) is 27.5. The Kier molecular flexibility index (Phi) is 13.7. The van der Waals surface area contributed by atoms with Crippen molar-refractivity contribution in [2.45, 2.75) is 25.0 Å². The van der Waals surface area contributed by atoms with Gasteiger partial charge in [-0.25, -0.2) is 14.4 Å². The number of hydrogen-bond donors (Lipinski definition) is 0. The summed E-state index contributed by atoms with van der Waals surface area (Å²) in [6.45, 7) is -0.930. The van der Waals surface area contributed by atoms with E-state index in [1.807, 2.05) is 0 Å². The first-order valence-electron chi connectivity index (χ1n) is 15.5. The fourth-order valence-electron chi connectivity index (χ4n) is 4.84. The van der Waals surface area contributed by atoms with Gasteiger partial charge < -0.3 is 33.2 Å². The van der Waals surface area contributed by atoms with Gasteiger partial charge in [-0.05, 0) is 55.0 Å². The van der Waals surface area contributed by atoms with Crippen molar-refractivity contribution in [1.82, 2.24) is 0 Å². The van der Waals surface area contributed by atoms with Gasteiger partial charge in [0.15, 0.2) is 5.78 Å². The highest BCUT2D eigenvalue weighted by Crippen LogP contribution is 2.23. The molecule has 0 saturated carbocycles. The van der Waals surface area contributed by atoms with E-state index in [4.69, 9.17) is 33.2 Å². The molecule has 0 amide bonds. The number of carbonyl (C=O) groups excluding carboxylic acids is 4. The van der Waals surface area contributed by atoms with Gasteiger partial charge >= 0.3 is 17.9 Å². The number of rotatable bonds is 18. The molecule has 0 heterocycles. The highest BCUT2D eigenvalue weighted by molar-refractivity contribution is 5.98. The molecule has 2 atom stereocenters. The van der Waals surface area contributed by atoms with Crippen LogP contribution in [0.2, 0.25) is 0 Å². The summed E-state index contributed by atoms with van der Waals surface area (Å²) < 4.78 is 38.9. The number of hydrogen-bond acceptors (Lipinski definition) is 11. The predicted octanol–water partition coefficient (Wildman–Crippen LogP) is 6.00. The molecule has 256 valence electrons. The van der Waals surface area contributed by atoms with Gasteiger partial charge in [0.05, 0.1) is 38.6 Å². The molecular formula is C38H38O11. The van der Waals surface area contributed by atoms with E-state index in [1.165, 1.54) is 21.3 Å². The molecule has 0 aliphatic heterocycles. The second-order valence-electron chi connectivity index (χ2n) is 10.6. The fourth-order valence-corrected chi connectivity index (χ4v) is 4.84. The summed E-state index contributed by atoms with van der Waals surface area (Å²) >= 11 is 0. The molecule has 0 fully saturated rings. The minimum atomic E-state index is -1.01.